The fourth-order valence-corrected chi connectivity index (χ4v) is 0. The van der Waals surface area contributed by atoms with Crippen LogP contribution in [0.15, 0.2) is 0 Å². The van der Waals surface area contributed by atoms with Gasteiger partial charge in [-0.05, 0) is 0 Å². The van der Waals surface area contributed by atoms with E-state index in [1.54, 1.807) is 0 Å². The van der Waals surface area contributed by atoms with Crippen LogP contribution in [-0.2, 0) is 0 Å². The van der Waals surface area contributed by atoms with Crippen molar-refractivity contribution in [2.45, 2.75) is 0 Å². The van der Waals surface area contributed by atoms with Crippen LogP contribution >= 0.6 is 12.6 Å². The Labute approximate surface area is 60.4 Å². The largest absolute Gasteiger partial charge is 0.185 e. The van der Waals surface area contributed by atoms with E-state index in [9.17, 15) is 0 Å². The van der Waals surface area contributed by atoms with Crippen molar-refractivity contribution in [3.8, 4) is 5.40 Å². The first-order valence-electron chi connectivity index (χ1n) is 0.447. The molecule has 3 heteroatoms. The summed E-state index contributed by atoms with van der Waals surface area (Å²) in [4.78, 5) is 0. The molecule has 0 atom stereocenters. The molecule has 4 heavy (non-hydrogen) atoms. The van der Waals surface area contributed by atoms with Gasteiger partial charge in [-0.15, -0.1) is 0 Å². The van der Waals surface area contributed by atoms with Gasteiger partial charge in [0.2, 0.25) is 0 Å². The van der Waals surface area contributed by atoms with E-state index >= 15 is 0 Å². The quantitative estimate of drug-likeness (QED) is 0.258. The Balaban J connectivity index is 0. The van der Waals surface area contributed by atoms with Gasteiger partial charge in [-0.2, -0.15) is 5.26 Å². The number of hydrogen-bond donors (Lipinski definition) is 1. The van der Waals surface area contributed by atoms with Crippen molar-refractivity contribution in [2.75, 3.05) is 0 Å². The summed E-state index contributed by atoms with van der Waals surface area (Å²) in [6, 6.07) is 0. The summed E-state index contributed by atoms with van der Waals surface area (Å²) < 4.78 is 0. The summed E-state index contributed by atoms with van der Waals surface area (Å²) in [6.45, 7) is 0. The summed E-state index contributed by atoms with van der Waals surface area (Å²) in [5, 5.41) is 8.63. The van der Waals surface area contributed by atoms with Crippen molar-refractivity contribution in [2.24, 2.45) is 0 Å². The third-order valence-corrected chi connectivity index (χ3v) is 0. The molecule has 1 nitrogen and oxygen atoms in total. The number of nitriles is 1. The molecule has 0 aliphatic rings. The SMILES string of the molecule is N#CS.[Ca]. The van der Waals surface area contributed by atoms with E-state index in [0.29, 0.717) is 0 Å². The fraction of sp³-hybridized carbons (Fsp3) is 0. The molecular formula is CHCaNS. The minimum Gasteiger partial charge on any atom is -0.185 e. The zero-order chi connectivity index (χ0) is 2.71. The van der Waals surface area contributed by atoms with Crippen molar-refractivity contribution < 1.29 is 0 Å². The van der Waals surface area contributed by atoms with Gasteiger partial charge in [-0.3, -0.25) is 0 Å². The zero-order valence-electron chi connectivity index (χ0n) is 2.10. The third-order valence-electron chi connectivity index (χ3n) is 0. The molecule has 0 aliphatic heterocycles. The summed E-state index contributed by atoms with van der Waals surface area (Å²) in [6.07, 6.45) is 0. The number of nitrogens with zero attached hydrogens (tertiary/aromatic N) is 1. The first-order valence-corrected chi connectivity index (χ1v) is 0.894. The monoisotopic (exact) mass is 98.9 g/mol. The molecule has 0 N–H and O–H groups in total. The Bertz CT molecular complexity index is 29.5. The van der Waals surface area contributed by atoms with Gasteiger partial charge in [0.1, 0.15) is 5.40 Å². The average Bonchev–Trinajstić information content (AvgIpc) is 0.918. The third kappa shape index (κ3) is 11.3. The summed E-state index contributed by atoms with van der Waals surface area (Å²) >= 11 is 3.09. The van der Waals surface area contributed by atoms with E-state index in [2.05, 4.69) is 12.6 Å². The number of thiocyanates is 1. The predicted octanol–water partition coefficient (Wildman–Crippen LogP) is 0.0165. The second kappa shape index (κ2) is 8.93. The van der Waals surface area contributed by atoms with Crippen molar-refractivity contribution in [3.05, 3.63) is 0 Å². The molecule has 0 amide bonds. The second-order valence-electron chi connectivity index (χ2n) is 0.100. The van der Waals surface area contributed by atoms with Crippen LogP contribution in [0.3, 0.4) is 0 Å². The van der Waals surface area contributed by atoms with Crippen LogP contribution in [0.1, 0.15) is 0 Å². The molecule has 0 saturated heterocycles. The van der Waals surface area contributed by atoms with Crippen LogP contribution in [0.2, 0.25) is 0 Å². The normalized spacial score (nSPS) is 2.00. The Morgan fingerprint density at radius 1 is 1.75 bits per heavy atom. The van der Waals surface area contributed by atoms with Gasteiger partial charge in [0, 0.05) is 37.7 Å². The van der Waals surface area contributed by atoms with Crippen LogP contribution in [0, 0.1) is 10.7 Å². The summed E-state index contributed by atoms with van der Waals surface area (Å²) in [7, 11) is 0. The molecule has 0 rings (SSSR count). The molecule has 0 heterocycles. The van der Waals surface area contributed by atoms with Crippen LogP contribution in [0.5, 0.6) is 0 Å². The maximum absolute atomic E-state index is 7.18. The number of hydrogen-bond acceptors (Lipinski definition) is 2. The Kier molecular flexibility index (Phi) is 19.9. The standard InChI is InChI=1S/CHNS.Ca/c2-1-3;/h3H;. The topological polar surface area (TPSA) is 23.8 Å². The van der Waals surface area contributed by atoms with Gasteiger partial charge in [-0.25, -0.2) is 0 Å². The minimum atomic E-state index is 0. The van der Waals surface area contributed by atoms with E-state index < -0.39 is 0 Å². The Morgan fingerprint density at radius 2 is 1.75 bits per heavy atom. The number of thiol groups is 1. The van der Waals surface area contributed by atoms with Crippen molar-refractivity contribution in [1.82, 2.24) is 0 Å². The first kappa shape index (κ1) is 8.92. The maximum atomic E-state index is 7.18. The molecule has 0 aromatic carbocycles. The molecule has 0 aliphatic carbocycles. The molecule has 18 valence electrons. The average molecular weight is 99.2 g/mol. The van der Waals surface area contributed by atoms with Crippen molar-refractivity contribution >= 4 is 50.4 Å². The molecule has 0 saturated carbocycles. The maximum Gasteiger partial charge on any atom is 0.130 e. The van der Waals surface area contributed by atoms with Crippen LogP contribution in [0.25, 0.3) is 0 Å². The molecular weight excluding hydrogens is 98.2 g/mol. The van der Waals surface area contributed by atoms with Crippen molar-refractivity contribution in [3.63, 3.8) is 0 Å². The van der Waals surface area contributed by atoms with Crippen LogP contribution in [-0.4, -0.2) is 37.7 Å². The van der Waals surface area contributed by atoms with Crippen molar-refractivity contribution in [1.29, 1.82) is 5.26 Å². The molecule has 0 spiro atoms. The molecule has 0 fully saturated rings. The van der Waals surface area contributed by atoms with Gasteiger partial charge in [0.25, 0.3) is 0 Å². The van der Waals surface area contributed by atoms with Crippen LogP contribution in [0.4, 0.5) is 0 Å². The Morgan fingerprint density at radius 3 is 1.75 bits per heavy atom. The minimum absolute atomic E-state index is 0. The molecule has 0 aromatic heterocycles. The first-order chi connectivity index (χ1) is 1.41. The van der Waals surface area contributed by atoms with Gasteiger partial charge in [0.05, 0.1) is 0 Å². The molecule has 0 bridgehead atoms. The van der Waals surface area contributed by atoms with E-state index in [1.807, 2.05) is 0 Å². The molecule has 2 radical (unpaired) electrons. The van der Waals surface area contributed by atoms with E-state index in [-0.39, 0.29) is 37.7 Å². The van der Waals surface area contributed by atoms with Gasteiger partial charge < -0.3 is 0 Å². The van der Waals surface area contributed by atoms with Gasteiger partial charge in [-0.1, -0.05) is 12.6 Å². The smallest absolute Gasteiger partial charge is 0.130 e. The Hall–Kier alpha value is 1.10. The fourth-order valence-electron chi connectivity index (χ4n) is 0. The molecule has 0 unspecified atom stereocenters. The summed E-state index contributed by atoms with van der Waals surface area (Å²) in [5.74, 6) is 0. The molecule has 0 aromatic rings. The van der Waals surface area contributed by atoms with E-state index in [1.165, 1.54) is 5.40 Å². The van der Waals surface area contributed by atoms with Crippen LogP contribution < -0.4 is 0 Å². The van der Waals surface area contributed by atoms with E-state index in [4.69, 9.17) is 5.26 Å². The predicted molar refractivity (Wildman–Crippen MR) is 20.4 cm³/mol. The number of rotatable bonds is 0. The summed E-state index contributed by atoms with van der Waals surface area (Å²) in [5.41, 5.74) is 0. The van der Waals surface area contributed by atoms with Gasteiger partial charge in [0.15, 0.2) is 0 Å². The zero-order valence-corrected chi connectivity index (χ0v) is 5.20. The van der Waals surface area contributed by atoms with Gasteiger partial charge >= 0.3 is 0 Å². The van der Waals surface area contributed by atoms with E-state index in [0.717, 1.165) is 0 Å². The second-order valence-corrected chi connectivity index (χ2v) is 0.300.